The molecular weight excluding hydrogens is 440 g/mol. The summed E-state index contributed by atoms with van der Waals surface area (Å²) in [5.74, 6) is 1.92. The SMILES string of the molecule is COc1ccc(C(C#N)(CCC(O)C(CC2Oc3ccccc3O2)[N+](=O)[O-])C(C)C)cc1OC. The standard InChI is InChI=1S/C25H30N2O7/c1-16(2)25(15-26,17-9-10-20(31-3)23(13-17)32-4)12-11-19(28)18(27(29)30)14-24-33-21-7-5-6-8-22(21)34-24/h5-10,13,16,18-19,24,28H,11-12,14H2,1-4H3. The number of aliphatic hydroxyl groups excluding tert-OH is 1. The minimum absolute atomic E-state index is 0.0470. The third kappa shape index (κ3) is 5.02. The van der Waals surface area contributed by atoms with Crippen LogP contribution in [0.4, 0.5) is 0 Å². The van der Waals surface area contributed by atoms with Gasteiger partial charge in [-0.05, 0) is 48.6 Å². The first-order chi connectivity index (χ1) is 16.2. The Bertz CT molecular complexity index is 1030. The minimum atomic E-state index is -1.31. The van der Waals surface area contributed by atoms with E-state index in [4.69, 9.17) is 18.9 Å². The molecule has 3 unspecified atom stereocenters. The van der Waals surface area contributed by atoms with Crippen molar-refractivity contribution < 1.29 is 29.0 Å². The van der Waals surface area contributed by atoms with Gasteiger partial charge in [0.25, 0.3) is 0 Å². The molecule has 1 aliphatic heterocycles. The quantitative estimate of drug-likeness (QED) is 0.385. The lowest BCUT2D eigenvalue weighted by molar-refractivity contribution is -0.538. The molecule has 0 radical (unpaired) electrons. The lowest BCUT2D eigenvalue weighted by atomic mass is 9.69. The van der Waals surface area contributed by atoms with E-state index in [1.54, 1.807) is 42.5 Å². The molecule has 0 bridgehead atoms. The summed E-state index contributed by atoms with van der Waals surface area (Å²) in [5, 5.41) is 32.8. The number of hydrogen-bond acceptors (Lipinski definition) is 8. The molecule has 0 aliphatic carbocycles. The molecule has 9 nitrogen and oxygen atoms in total. The first-order valence-electron chi connectivity index (χ1n) is 11.1. The topological polar surface area (TPSA) is 124 Å². The van der Waals surface area contributed by atoms with Crippen LogP contribution in [0.1, 0.15) is 38.7 Å². The van der Waals surface area contributed by atoms with Gasteiger partial charge in [0.2, 0.25) is 12.3 Å². The third-order valence-electron chi connectivity index (χ3n) is 6.43. The van der Waals surface area contributed by atoms with Crippen LogP contribution >= 0.6 is 0 Å². The molecule has 1 N–H and O–H groups in total. The Hall–Kier alpha value is -3.51. The van der Waals surface area contributed by atoms with Crippen LogP contribution in [-0.2, 0) is 5.41 Å². The molecular formula is C25H30N2O7. The molecule has 9 heteroatoms. The fraction of sp³-hybridized carbons (Fsp3) is 0.480. The van der Waals surface area contributed by atoms with Crippen molar-refractivity contribution in [3.05, 3.63) is 58.1 Å². The van der Waals surface area contributed by atoms with Crippen LogP contribution in [-0.4, -0.2) is 42.7 Å². The Morgan fingerprint density at radius 3 is 2.26 bits per heavy atom. The second-order valence-electron chi connectivity index (χ2n) is 8.61. The summed E-state index contributed by atoms with van der Waals surface area (Å²) in [7, 11) is 3.05. The van der Waals surface area contributed by atoms with Crippen LogP contribution in [0.25, 0.3) is 0 Å². The Kier molecular flexibility index (Phi) is 7.84. The number of methoxy groups -OCH3 is 2. The number of hydrogen-bond donors (Lipinski definition) is 1. The van der Waals surface area contributed by atoms with E-state index in [-0.39, 0.29) is 25.2 Å². The van der Waals surface area contributed by atoms with Crippen molar-refractivity contribution in [2.45, 2.75) is 57.0 Å². The van der Waals surface area contributed by atoms with E-state index in [0.717, 1.165) is 0 Å². The second kappa shape index (κ2) is 10.6. The van der Waals surface area contributed by atoms with E-state index in [1.165, 1.54) is 14.2 Å². The number of fused-ring (bicyclic) bond motifs is 1. The zero-order valence-corrected chi connectivity index (χ0v) is 19.8. The van der Waals surface area contributed by atoms with Crippen LogP contribution in [0.5, 0.6) is 23.0 Å². The average Bonchev–Trinajstić information content (AvgIpc) is 3.25. The highest BCUT2D eigenvalue weighted by molar-refractivity contribution is 5.47. The fourth-order valence-electron chi connectivity index (χ4n) is 4.33. The summed E-state index contributed by atoms with van der Waals surface area (Å²) in [6.07, 6.45) is -2.02. The Morgan fingerprint density at radius 1 is 1.15 bits per heavy atom. The molecule has 0 saturated heterocycles. The van der Waals surface area contributed by atoms with Crippen molar-refractivity contribution in [3.63, 3.8) is 0 Å². The minimum Gasteiger partial charge on any atom is -0.493 e. The third-order valence-corrected chi connectivity index (χ3v) is 6.43. The van der Waals surface area contributed by atoms with E-state index < -0.39 is 28.8 Å². The highest BCUT2D eigenvalue weighted by Crippen LogP contribution is 2.41. The van der Waals surface area contributed by atoms with Gasteiger partial charge in [-0.2, -0.15) is 5.26 Å². The zero-order chi connectivity index (χ0) is 24.9. The smallest absolute Gasteiger partial charge is 0.248 e. The van der Waals surface area contributed by atoms with E-state index in [1.807, 2.05) is 13.8 Å². The number of ether oxygens (including phenoxy) is 4. The van der Waals surface area contributed by atoms with Gasteiger partial charge < -0.3 is 24.1 Å². The van der Waals surface area contributed by atoms with Gasteiger partial charge in [0.1, 0.15) is 6.10 Å². The molecule has 0 saturated carbocycles. The Labute approximate surface area is 199 Å². The van der Waals surface area contributed by atoms with Gasteiger partial charge in [-0.1, -0.05) is 32.0 Å². The van der Waals surface area contributed by atoms with Crippen molar-refractivity contribution in [3.8, 4) is 29.1 Å². The molecule has 0 aromatic heterocycles. The van der Waals surface area contributed by atoms with Gasteiger partial charge in [0.15, 0.2) is 23.0 Å². The van der Waals surface area contributed by atoms with Gasteiger partial charge in [-0.3, -0.25) is 10.1 Å². The summed E-state index contributed by atoms with van der Waals surface area (Å²) in [6.45, 7) is 3.82. The maximum atomic E-state index is 11.8. The van der Waals surface area contributed by atoms with Crippen LogP contribution in [0.2, 0.25) is 0 Å². The zero-order valence-electron chi connectivity index (χ0n) is 19.8. The monoisotopic (exact) mass is 470 g/mol. The second-order valence-corrected chi connectivity index (χ2v) is 8.61. The maximum absolute atomic E-state index is 11.8. The number of benzene rings is 2. The number of para-hydroxylation sites is 2. The molecule has 2 aromatic carbocycles. The highest BCUT2D eigenvalue weighted by atomic mass is 16.7. The average molecular weight is 471 g/mol. The molecule has 0 amide bonds. The fourth-order valence-corrected chi connectivity index (χ4v) is 4.33. The Morgan fingerprint density at radius 2 is 1.76 bits per heavy atom. The first-order valence-corrected chi connectivity index (χ1v) is 11.1. The molecule has 0 spiro atoms. The first kappa shape index (κ1) is 25.1. The molecule has 0 fully saturated rings. The molecule has 3 atom stereocenters. The normalized spacial score (nSPS) is 16.4. The molecule has 182 valence electrons. The number of aliphatic hydroxyl groups is 1. The van der Waals surface area contributed by atoms with Gasteiger partial charge >= 0.3 is 0 Å². The predicted octanol–water partition coefficient (Wildman–Crippen LogP) is 4.10. The van der Waals surface area contributed by atoms with Crippen LogP contribution in [0.3, 0.4) is 0 Å². The van der Waals surface area contributed by atoms with Crippen molar-refractivity contribution in [2.75, 3.05) is 14.2 Å². The summed E-state index contributed by atoms with van der Waals surface area (Å²) in [4.78, 5) is 11.3. The lowest BCUT2D eigenvalue weighted by Gasteiger charge is -2.33. The summed E-state index contributed by atoms with van der Waals surface area (Å²) in [5.41, 5.74) is -0.288. The number of nitrogens with zero attached hydrogens (tertiary/aromatic N) is 2. The van der Waals surface area contributed by atoms with Gasteiger partial charge in [-0.25, -0.2) is 0 Å². The Balaban J connectivity index is 1.76. The van der Waals surface area contributed by atoms with E-state index in [2.05, 4.69) is 6.07 Å². The lowest BCUT2D eigenvalue weighted by Crippen LogP contribution is -2.40. The molecule has 34 heavy (non-hydrogen) atoms. The van der Waals surface area contributed by atoms with Crippen molar-refractivity contribution in [2.24, 2.45) is 5.92 Å². The molecule has 1 heterocycles. The molecule has 3 rings (SSSR count). The van der Waals surface area contributed by atoms with Gasteiger partial charge in [-0.15, -0.1) is 0 Å². The van der Waals surface area contributed by atoms with Crippen molar-refractivity contribution >= 4 is 0 Å². The van der Waals surface area contributed by atoms with E-state index in [9.17, 15) is 20.5 Å². The van der Waals surface area contributed by atoms with Crippen molar-refractivity contribution in [1.82, 2.24) is 0 Å². The van der Waals surface area contributed by atoms with E-state index >= 15 is 0 Å². The largest absolute Gasteiger partial charge is 0.493 e. The molecule has 2 aromatic rings. The van der Waals surface area contributed by atoms with Gasteiger partial charge in [0.05, 0.1) is 32.1 Å². The van der Waals surface area contributed by atoms with Crippen LogP contribution in [0.15, 0.2) is 42.5 Å². The summed E-state index contributed by atoms with van der Waals surface area (Å²) >= 11 is 0. The van der Waals surface area contributed by atoms with Crippen molar-refractivity contribution in [1.29, 1.82) is 5.26 Å². The number of nitriles is 1. The van der Waals surface area contributed by atoms with E-state index in [0.29, 0.717) is 28.6 Å². The van der Waals surface area contributed by atoms with Crippen LogP contribution < -0.4 is 18.9 Å². The number of nitro groups is 1. The summed E-state index contributed by atoms with van der Waals surface area (Å²) in [6, 6.07) is 13.4. The molecule has 1 aliphatic rings. The highest BCUT2D eigenvalue weighted by Gasteiger charge is 2.41. The maximum Gasteiger partial charge on any atom is 0.248 e. The van der Waals surface area contributed by atoms with Crippen LogP contribution in [0, 0.1) is 27.4 Å². The number of rotatable bonds is 11. The van der Waals surface area contributed by atoms with Gasteiger partial charge in [0, 0.05) is 4.92 Å². The summed E-state index contributed by atoms with van der Waals surface area (Å²) < 4.78 is 22.0. The predicted molar refractivity (Wildman–Crippen MR) is 124 cm³/mol.